The molecule has 0 fully saturated rings. The molecule has 0 saturated heterocycles. The minimum Gasteiger partial charge on any atom is -0.274 e. The van der Waals surface area contributed by atoms with Gasteiger partial charge in [-0.15, -0.1) is 22.7 Å². The van der Waals surface area contributed by atoms with Gasteiger partial charge in [0.2, 0.25) is 5.91 Å². The van der Waals surface area contributed by atoms with Gasteiger partial charge in [-0.2, -0.15) is 0 Å². The van der Waals surface area contributed by atoms with Gasteiger partial charge < -0.3 is 0 Å². The maximum Gasteiger partial charge on any atom is 0.271 e. The molecule has 2 aromatic heterocycles. The van der Waals surface area contributed by atoms with Crippen LogP contribution in [0.15, 0.2) is 41.8 Å². The molecule has 2 aromatic carbocycles. The van der Waals surface area contributed by atoms with Crippen LogP contribution in [-0.4, -0.2) is 20.8 Å². The lowest BCUT2D eigenvalue weighted by Gasteiger charge is -2.21. The van der Waals surface area contributed by atoms with Crippen LogP contribution < -0.4 is 4.90 Å². The second-order valence-electron chi connectivity index (χ2n) is 6.92. The summed E-state index contributed by atoms with van der Waals surface area (Å²) in [6.07, 6.45) is 3.65. The summed E-state index contributed by atoms with van der Waals surface area (Å²) in [6, 6.07) is 10.5. The van der Waals surface area contributed by atoms with Crippen molar-refractivity contribution in [2.45, 2.75) is 20.8 Å². The Labute approximate surface area is 186 Å². The van der Waals surface area contributed by atoms with Crippen LogP contribution in [0.3, 0.4) is 0 Å². The van der Waals surface area contributed by atoms with Gasteiger partial charge in [0.25, 0.3) is 5.69 Å². The molecule has 0 aliphatic heterocycles. The summed E-state index contributed by atoms with van der Waals surface area (Å²) in [4.78, 5) is 33.6. The van der Waals surface area contributed by atoms with E-state index in [2.05, 4.69) is 9.97 Å². The van der Waals surface area contributed by atoms with E-state index in [0.717, 1.165) is 26.5 Å². The molecule has 0 radical (unpaired) electrons. The van der Waals surface area contributed by atoms with E-state index in [4.69, 9.17) is 0 Å². The second kappa shape index (κ2) is 8.37. The molecular weight excluding hydrogens is 432 g/mol. The molecule has 4 rings (SSSR count). The number of carbonyl (C=O) groups excluding carboxylic acids is 1. The Kier molecular flexibility index (Phi) is 5.62. The van der Waals surface area contributed by atoms with Crippen LogP contribution in [0.5, 0.6) is 0 Å². The fraction of sp³-hybridized carbons (Fsp3) is 0.136. The molecule has 9 heteroatoms. The van der Waals surface area contributed by atoms with Gasteiger partial charge >= 0.3 is 0 Å². The Hall–Kier alpha value is -3.43. The van der Waals surface area contributed by atoms with Gasteiger partial charge in [-0.1, -0.05) is 12.1 Å². The summed E-state index contributed by atoms with van der Waals surface area (Å²) >= 11 is 2.84. The average molecular weight is 451 g/mol. The number of anilines is 2. The second-order valence-corrected chi connectivity index (χ2v) is 8.82. The van der Waals surface area contributed by atoms with E-state index in [1.807, 2.05) is 49.6 Å². The van der Waals surface area contributed by atoms with Crippen molar-refractivity contribution in [3.63, 3.8) is 0 Å². The van der Waals surface area contributed by atoms with E-state index in [-0.39, 0.29) is 11.6 Å². The number of nitro benzene ring substituents is 1. The first kappa shape index (κ1) is 20.8. The normalized spacial score (nSPS) is 11.3. The van der Waals surface area contributed by atoms with E-state index in [1.165, 1.54) is 41.7 Å². The van der Waals surface area contributed by atoms with E-state index in [9.17, 15) is 14.9 Å². The minimum absolute atomic E-state index is 0.0215. The van der Waals surface area contributed by atoms with E-state index >= 15 is 0 Å². The quantitative estimate of drug-likeness (QED) is 0.269. The van der Waals surface area contributed by atoms with Crippen LogP contribution in [0, 0.1) is 24.0 Å². The number of thiazole rings is 2. The highest BCUT2D eigenvalue weighted by molar-refractivity contribution is 7.19. The average Bonchev–Trinajstić information content (AvgIpc) is 3.35. The van der Waals surface area contributed by atoms with Gasteiger partial charge in [0.15, 0.2) is 5.13 Å². The van der Waals surface area contributed by atoms with Gasteiger partial charge in [0.1, 0.15) is 5.01 Å². The largest absolute Gasteiger partial charge is 0.274 e. The van der Waals surface area contributed by atoms with Crippen molar-refractivity contribution < 1.29 is 9.72 Å². The fourth-order valence-corrected chi connectivity index (χ4v) is 4.81. The lowest BCUT2D eigenvalue weighted by atomic mass is 10.1. The molecule has 0 aliphatic carbocycles. The number of nitro groups is 1. The Balaban J connectivity index is 1.61. The number of carbonyl (C=O) groups is 1. The lowest BCUT2D eigenvalue weighted by molar-refractivity contribution is -0.384. The van der Waals surface area contributed by atoms with E-state index in [1.54, 1.807) is 11.0 Å². The zero-order valence-electron chi connectivity index (χ0n) is 17.0. The first-order valence-electron chi connectivity index (χ1n) is 9.39. The summed E-state index contributed by atoms with van der Waals surface area (Å²) in [5.74, 6) is -0.105. The Morgan fingerprint density at radius 1 is 1.16 bits per heavy atom. The molecule has 4 aromatic rings. The Bertz CT molecular complexity index is 1340. The van der Waals surface area contributed by atoms with Crippen molar-refractivity contribution in [2.24, 2.45) is 0 Å². The van der Waals surface area contributed by atoms with E-state index in [0.29, 0.717) is 16.3 Å². The molecular formula is C22H18N4O3S2. The standard InChI is InChI=1S/C22H18N4O3S2/c1-13-5-4-6-19(14(13)2)25(15(3)27)22-23-16(12-30-22)7-10-21-24-18-11-17(26(28)29)8-9-20(18)31-21/h4-12H,1-3H3. The van der Waals surface area contributed by atoms with Crippen molar-refractivity contribution in [1.82, 2.24) is 9.97 Å². The van der Waals surface area contributed by atoms with Crippen molar-refractivity contribution in [3.8, 4) is 0 Å². The highest BCUT2D eigenvalue weighted by Crippen LogP contribution is 2.33. The van der Waals surface area contributed by atoms with Gasteiger partial charge in [0.05, 0.1) is 26.5 Å². The van der Waals surface area contributed by atoms with Crippen LogP contribution in [0.2, 0.25) is 0 Å². The van der Waals surface area contributed by atoms with Gasteiger partial charge in [0, 0.05) is 24.4 Å². The van der Waals surface area contributed by atoms with Crippen molar-refractivity contribution in [3.05, 3.63) is 73.7 Å². The van der Waals surface area contributed by atoms with Crippen LogP contribution in [0.4, 0.5) is 16.5 Å². The number of nitrogens with zero attached hydrogens (tertiary/aromatic N) is 4. The molecule has 0 saturated carbocycles. The number of benzene rings is 2. The van der Waals surface area contributed by atoms with Gasteiger partial charge in [-0.25, -0.2) is 9.97 Å². The molecule has 0 N–H and O–H groups in total. The molecule has 7 nitrogen and oxygen atoms in total. The number of aromatic nitrogens is 2. The Morgan fingerprint density at radius 2 is 1.97 bits per heavy atom. The predicted octanol–water partition coefficient (Wildman–Crippen LogP) is 6.13. The van der Waals surface area contributed by atoms with Crippen molar-refractivity contribution in [2.75, 3.05) is 4.90 Å². The fourth-order valence-electron chi connectivity index (χ4n) is 3.12. The third-order valence-electron chi connectivity index (χ3n) is 4.83. The van der Waals surface area contributed by atoms with Gasteiger partial charge in [-0.3, -0.25) is 19.8 Å². The molecule has 0 bridgehead atoms. The van der Waals surface area contributed by atoms with Crippen LogP contribution in [-0.2, 0) is 4.79 Å². The summed E-state index contributed by atoms with van der Waals surface area (Å²) < 4.78 is 0.877. The third kappa shape index (κ3) is 4.23. The topological polar surface area (TPSA) is 89.2 Å². The SMILES string of the molecule is CC(=O)N(c1nc(C=Cc2nc3cc([N+](=O)[O-])ccc3s2)cs1)c1cccc(C)c1C. The molecule has 0 aliphatic rings. The van der Waals surface area contributed by atoms with E-state index < -0.39 is 4.92 Å². The number of fused-ring (bicyclic) bond motifs is 1. The smallest absolute Gasteiger partial charge is 0.271 e. The lowest BCUT2D eigenvalue weighted by Crippen LogP contribution is -2.23. The molecule has 1 amide bonds. The summed E-state index contributed by atoms with van der Waals surface area (Å²) in [5, 5.41) is 14.1. The predicted molar refractivity (Wildman–Crippen MR) is 126 cm³/mol. The summed E-state index contributed by atoms with van der Waals surface area (Å²) in [6.45, 7) is 5.53. The number of rotatable bonds is 5. The molecule has 0 unspecified atom stereocenters. The Morgan fingerprint density at radius 3 is 2.71 bits per heavy atom. The van der Waals surface area contributed by atoms with Crippen molar-refractivity contribution in [1.29, 1.82) is 0 Å². The first-order chi connectivity index (χ1) is 14.8. The summed E-state index contributed by atoms with van der Waals surface area (Å²) in [5.41, 5.74) is 4.29. The number of hydrogen-bond acceptors (Lipinski definition) is 7. The molecule has 31 heavy (non-hydrogen) atoms. The number of non-ortho nitro benzene ring substituents is 1. The number of hydrogen-bond donors (Lipinski definition) is 0. The highest BCUT2D eigenvalue weighted by Gasteiger charge is 2.20. The maximum absolute atomic E-state index is 12.4. The maximum atomic E-state index is 12.4. The molecule has 0 atom stereocenters. The number of aryl methyl sites for hydroxylation is 1. The van der Waals surface area contributed by atoms with Crippen LogP contribution in [0.1, 0.15) is 28.8 Å². The molecule has 156 valence electrons. The van der Waals surface area contributed by atoms with Crippen LogP contribution in [0.25, 0.3) is 22.4 Å². The number of amides is 1. The summed E-state index contributed by atoms with van der Waals surface area (Å²) in [7, 11) is 0. The molecule has 0 spiro atoms. The third-order valence-corrected chi connectivity index (χ3v) is 6.67. The molecule has 2 heterocycles. The highest BCUT2D eigenvalue weighted by atomic mass is 32.1. The first-order valence-corrected chi connectivity index (χ1v) is 11.1. The zero-order valence-corrected chi connectivity index (χ0v) is 18.7. The van der Waals surface area contributed by atoms with Crippen LogP contribution >= 0.6 is 22.7 Å². The van der Waals surface area contributed by atoms with Gasteiger partial charge in [-0.05, 0) is 49.3 Å². The minimum atomic E-state index is -0.429. The zero-order chi connectivity index (χ0) is 22.1. The monoisotopic (exact) mass is 450 g/mol. The van der Waals surface area contributed by atoms with Crippen molar-refractivity contribution >= 4 is 67.5 Å².